The summed E-state index contributed by atoms with van der Waals surface area (Å²) in [5.74, 6) is 0.149. The maximum Gasteiger partial charge on any atom is 0.391 e. The van der Waals surface area contributed by atoms with Gasteiger partial charge in [-0.05, 0) is 73.1 Å². The summed E-state index contributed by atoms with van der Waals surface area (Å²) in [5.41, 5.74) is 1.58. The van der Waals surface area contributed by atoms with Gasteiger partial charge in [-0.25, -0.2) is 8.78 Å². The maximum absolute atomic E-state index is 14.6. The van der Waals surface area contributed by atoms with E-state index in [1.807, 2.05) is 6.08 Å². The predicted octanol–water partition coefficient (Wildman–Crippen LogP) is 8.22. The van der Waals surface area contributed by atoms with Crippen LogP contribution in [-0.4, -0.2) is 6.11 Å². The molecule has 1 aliphatic rings. The fourth-order valence-corrected chi connectivity index (χ4v) is 4.19. The third-order valence-electron chi connectivity index (χ3n) is 6.28. The summed E-state index contributed by atoms with van der Waals surface area (Å²) in [7, 11) is 0. The van der Waals surface area contributed by atoms with Crippen LogP contribution in [0, 0.1) is 11.7 Å². The lowest BCUT2D eigenvalue weighted by molar-refractivity contribution is -0.282. The zero-order chi connectivity index (χ0) is 23.1. The van der Waals surface area contributed by atoms with Crippen LogP contribution in [0.4, 0.5) is 17.6 Å². The molecule has 1 nitrogen and oxygen atoms in total. The Morgan fingerprint density at radius 2 is 1.72 bits per heavy atom. The van der Waals surface area contributed by atoms with Crippen LogP contribution >= 0.6 is 0 Å². The van der Waals surface area contributed by atoms with Crippen LogP contribution in [0.2, 0.25) is 0 Å². The molecule has 1 aliphatic carbocycles. The third-order valence-corrected chi connectivity index (χ3v) is 6.28. The Hall–Kier alpha value is -2.40. The molecule has 0 radical (unpaired) electrons. The van der Waals surface area contributed by atoms with Crippen molar-refractivity contribution in [1.29, 1.82) is 0 Å². The van der Waals surface area contributed by atoms with E-state index in [4.69, 9.17) is 0 Å². The number of ether oxygens (including phenoxy) is 1. The van der Waals surface area contributed by atoms with Gasteiger partial charge in [0.2, 0.25) is 6.17 Å². The lowest BCUT2D eigenvalue weighted by atomic mass is 9.78. The first-order chi connectivity index (χ1) is 15.3. The predicted molar refractivity (Wildman–Crippen MR) is 120 cm³/mol. The van der Waals surface area contributed by atoms with Crippen LogP contribution < -0.4 is 0 Å². The average Bonchev–Trinajstić information content (AvgIpc) is 2.82. The first-order valence-electron chi connectivity index (χ1n) is 11.1. The first-order valence-corrected chi connectivity index (χ1v) is 11.1. The Labute approximate surface area is 187 Å². The molecule has 1 atom stereocenters. The highest BCUT2D eigenvalue weighted by Gasteiger charge is 2.43. The van der Waals surface area contributed by atoms with Gasteiger partial charge in [0, 0.05) is 5.56 Å². The number of hydrogen-bond donors (Lipinski definition) is 0. The Balaban J connectivity index is 1.59. The van der Waals surface area contributed by atoms with Gasteiger partial charge in [-0.15, -0.1) is 13.2 Å². The van der Waals surface area contributed by atoms with Crippen LogP contribution in [0.5, 0.6) is 0 Å². The van der Waals surface area contributed by atoms with Crippen LogP contribution in [-0.2, 0) is 17.8 Å². The van der Waals surface area contributed by atoms with Gasteiger partial charge >= 0.3 is 6.11 Å². The molecule has 172 valence electrons. The summed E-state index contributed by atoms with van der Waals surface area (Å²) in [6.07, 6.45) is 2.38. The highest BCUT2D eigenvalue weighted by Crippen LogP contribution is 2.38. The maximum atomic E-state index is 14.6. The summed E-state index contributed by atoms with van der Waals surface area (Å²) in [6.45, 7) is 6.76. The number of allylic oxidation sites excluding steroid dienone is 2. The Kier molecular flexibility index (Phi) is 8.30. The molecule has 2 aromatic carbocycles. The standard InChI is InChI=1S/C27H30F4O/c1-3-5-6-20-9-13-22(14-10-20)26(29)27(30,31)32-18-24-16-15-23(17-25(24)28)21-11-7-19(4-2)8-12-21/h3-4,9-10,13-17,19,21,26H,1-2,5-8,11-12,18H2. The molecule has 0 heterocycles. The van der Waals surface area contributed by atoms with E-state index in [2.05, 4.69) is 17.9 Å². The van der Waals surface area contributed by atoms with Gasteiger partial charge in [-0.2, -0.15) is 8.78 Å². The summed E-state index contributed by atoms with van der Waals surface area (Å²) in [6, 6.07) is 10.5. The van der Waals surface area contributed by atoms with E-state index >= 15 is 0 Å². The van der Waals surface area contributed by atoms with Crippen molar-refractivity contribution >= 4 is 0 Å². The van der Waals surface area contributed by atoms with Crippen LogP contribution in [0.15, 0.2) is 67.8 Å². The zero-order valence-electron chi connectivity index (χ0n) is 18.2. The first kappa shape index (κ1) is 24.2. The Morgan fingerprint density at radius 1 is 1.03 bits per heavy atom. The number of rotatable bonds is 10. The second kappa shape index (κ2) is 11.0. The molecule has 1 unspecified atom stereocenters. The fraction of sp³-hybridized carbons (Fsp3) is 0.407. The Bertz CT molecular complexity index is 898. The van der Waals surface area contributed by atoms with Crippen LogP contribution in [0.25, 0.3) is 0 Å². The van der Waals surface area contributed by atoms with Crippen molar-refractivity contribution in [3.8, 4) is 0 Å². The Morgan fingerprint density at radius 3 is 2.31 bits per heavy atom. The van der Waals surface area contributed by atoms with Gasteiger partial charge in [-0.3, -0.25) is 0 Å². The molecule has 2 aromatic rings. The van der Waals surface area contributed by atoms with Gasteiger partial charge in [0.25, 0.3) is 0 Å². The molecule has 0 amide bonds. The summed E-state index contributed by atoms with van der Waals surface area (Å²) >= 11 is 0. The van der Waals surface area contributed by atoms with E-state index in [9.17, 15) is 17.6 Å². The largest absolute Gasteiger partial charge is 0.391 e. The molecule has 0 aromatic heterocycles. The molecule has 0 spiro atoms. The average molecular weight is 447 g/mol. The number of aryl methyl sites for hydroxylation is 1. The highest BCUT2D eigenvalue weighted by atomic mass is 19.3. The second-order valence-electron chi connectivity index (χ2n) is 8.48. The molecule has 5 heteroatoms. The smallest absolute Gasteiger partial charge is 0.313 e. The van der Waals surface area contributed by atoms with E-state index < -0.39 is 24.7 Å². The number of hydrogen-bond acceptors (Lipinski definition) is 1. The van der Waals surface area contributed by atoms with Gasteiger partial charge in [0.15, 0.2) is 0 Å². The minimum Gasteiger partial charge on any atom is -0.313 e. The van der Waals surface area contributed by atoms with Crippen molar-refractivity contribution in [2.45, 2.75) is 63.3 Å². The summed E-state index contributed by atoms with van der Waals surface area (Å²) < 4.78 is 62.2. The molecule has 3 rings (SSSR count). The van der Waals surface area contributed by atoms with Crippen molar-refractivity contribution in [3.63, 3.8) is 0 Å². The number of alkyl halides is 3. The molecular formula is C27H30F4O. The van der Waals surface area contributed by atoms with Crippen molar-refractivity contribution in [3.05, 3.63) is 95.8 Å². The lowest BCUT2D eigenvalue weighted by Gasteiger charge is -2.27. The topological polar surface area (TPSA) is 9.23 Å². The van der Waals surface area contributed by atoms with E-state index in [-0.39, 0.29) is 17.0 Å². The third kappa shape index (κ3) is 6.10. The van der Waals surface area contributed by atoms with Crippen LogP contribution in [0.3, 0.4) is 0 Å². The van der Waals surface area contributed by atoms with Gasteiger partial charge in [0.05, 0.1) is 6.61 Å². The number of halogens is 4. The van der Waals surface area contributed by atoms with Crippen LogP contribution in [0.1, 0.15) is 66.4 Å². The second-order valence-corrected chi connectivity index (χ2v) is 8.48. The monoisotopic (exact) mass is 446 g/mol. The van der Waals surface area contributed by atoms with E-state index in [0.29, 0.717) is 12.3 Å². The molecular weight excluding hydrogens is 416 g/mol. The summed E-state index contributed by atoms with van der Waals surface area (Å²) in [5, 5.41) is 0. The minimum absolute atomic E-state index is 0.0137. The van der Waals surface area contributed by atoms with Crippen molar-refractivity contribution < 1.29 is 22.3 Å². The molecule has 32 heavy (non-hydrogen) atoms. The zero-order valence-corrected chi connectivity index (χ0v) is 18.2. The molecule has 0 bridgehead atoms. The number of benzene rings is 2. The summed E-state index contributed by atoms with van der Waals surface area (Å²) in [4.78, 5) is 0. The molecule has 1 saturated carbocycles. The molecule has 0 aliphatic heterocycles. The van der Waals surface area contributed by atoms with E-state index in [0.717, 1.165) is 43.2 Å². The normalized spacial score (nSPS) is 20.0. The molecule has 0 saturated heterocycles. The van der Waals surface area contributed by atoms with E-state index in [1.54, 1.807) is 24.3 Å². The molecule has 0 N–H and O–H groups in total. The highest BCUT2D eigenvalue weighted by molar-refractivity contribution is 5.28. The van der Waals surface area contributed by atoms with Crippen molar-refractivity contribution in [2.75, 3.05) is 0 Å². The van der Waals surface area contributed by atoms with Crippen molar-refractivity contribution in [2.24, 2.45) is 5.92 Å². The van der Waals surface area contributed by atoms with E-state index in [1.165, 1.54) is 24.3 Å². The van der Waals surface area contributed by atoms with Crippen molar-refractivity contribution in [1.82, 2.24) is 0 Å². The quantitative estimate of drug-likeness (QED) is 0.264. The minimum atomic E-state index is -4.07. The van der Waals surface area contributed by atoms with Gasteiger partial charge in [0.1, 0.15) is 5.82 Å². The molecule has 1 fully saturated rings. The SMILES string of the molecule is C=CCCc1ccc(C(F)C(F)(F)OCc2ccc(C3CCC(C=C)CC3)cc2F)cc1. The fourth-order valence-electron chi connectivity index (χ4n) is 4.19. The van der Waals surface area contributed by atoms with Gasteiger partial charge < -0.3 is 4.74 Å². The lowest BCUT2D eigenvalue weighted by Crippen LogP contribution is -2.27. The van der Waals surface area contributed by atoms with Gasteiger partial charge in [-0.1, -0.05) is 48.6 Å².